The van der Waals surface area contributed by atoms with Gasteiger partial charge in [-0.2, -0.15) is 0 Å². The largest absolute Gasteiger partial charge is 0.494 e. The van der Waals surface area contributed by atoms with Crippen LogP contribution in [0.25, 0.3) is 0 Å². The van der Waals surface area contributed by atoms with E-state index in [9.17, 15) is 9.59 Å². The zero-order valence-electron chi connectivity index (χ0n) is 13.7. The molecule has 0 bridgehead atoms. The first kappa shape index (κ1) is 17.6. The summed E-state index contributed by atoms with van der Waals surface area (Å²) in [6.45, 7) is 2.84. The molecule has 2 amide bonds. The summed E-state index contributed by atoms with van der Waals surface area (Å²) in [6, 6.07) is 8.30. The molecule has 0 aliphatic heterocycles. The highest BCUT2D eigenvalue weighted by Gasteiger charge is 2.10. The van der Waals surface area contributed by atoms with E-state index in [1.54, 1.807) is 24.3 Å². The zero-order valence-corrected chi connectivity index (χ0v) is 13.7. The lowest BCUT2D eigenvalue weighted by Gasteiger charge is -2.08. The molecule has 6 heteroatoms. The van der Waals surface area contributed by atoms with E-state index in [4.69, 9.17) is 9.15 Å². The highest BCUT2D eigenvalue weighted by molar-refractivity contribution is 5.98. The molecule has 2 rings (SSSR count). The first-order valence-electron chi connectivity index (χ1n) is 8.06. The van der Waals surface area contributed by atoms with Crippen molar-refractivity contribution in [3.63, 3.8) is 0 Å². The molecule has 6 nitrogen and oxygen atoms in total. The van der Waals surface area contributed by atoms with Crippen molar-refractivity contribution in [3.05, 3.63) is 54.0 Å². The van der Waals surface area contributed by atoms with Crippen LogP contribution in [0.4, 0.5) is 0 Å². The topological polar surface area (TPSA) is 80.6 Å². The molecule has 0 aliphatic carbocycles. The molecular weight excluding hydrogens is 308 g/mol. The van der Waals surface area contributed by atoms with Crippen molar-refractivity contribution in [2.24, 2.45) is 0 Å². The third-order valence-electron chi connectivity index (χ3n) is 3.46. The van der Waals surface area contributed by atoms with Crippen LogP contribution < -0.4 is 15.6 Å². The molecule has 1 aromatic carbocycles. The Morgan fingerprint density at radius 3 is 2.29 bits per heavy atom. The molecule has 0 aliphatic rings. The van der Waals surface area contributed by atoms with Gasteiger partial charge in [0.05, 0.1) is 18.4 Å². The van der Waals surface area contributed by atoms with Crippen LogP contribution in [-0.2, 0) is 0 Å². The molecule has 0 saturated carbocycles. The van der Waals surface area contributed by atoms with Crippen LogP contribution in [0.5, 0.6) is 5.75 Å². The summed E-state index contributed by atoms with van der Waals surface area (Å²) in [4.78, 5) is 23.7. The van der Waals surface area contributed by atoms with Crippen LogP contribution in [0.2, 0.25) is 0 Å². The standard InChI is InChI=1S/C18H22N2O4/c1-2-3-4-5-11-24-16-8-6-14(7-9-16)17(21)19-20-18(22)15-10-12-23-13-15/h6-10,12-13H,2-5,11H2,1H3,(H,19,21)(H,20,22). The van der Waals surface area contributed by atoms with Crippen molar-refractivity contribution < 1.29 is 18.7 Å². The Morgan fingerprint density at radius 1 is 0.958 bits per heavy atom. The molecule has 0 unspecified atom stereocenters. The predicted octanol–water partition coefficient (Wildman–Crippen LogP) is 3.31. The van der Waals surface area contributed by atoms with Gasteiger partial charge >= 0.3 is 0 Å². The summed E-state index contributed by atoms with van der Waals surface area (Å²) in [7, 11) is 0. The highest BCUT2D eigenvalue weighted by Crippen LogP contribution is 2.13. The monoisotopic (exact) mass is 330 g/mol. The average Bonchev–Trinajstić information content (AvgIpc) is 3.14. The Hall–Kier alpha value is -2.76. The van der Waals surface area contributed by atoms with E-state index >= 15 is 0 Å². The summed E-state index contributed by atoms with van der Waals surface area (Å²) in [5, 5.41) is 0. The van der Waals surface area contributed by atoms with Crippen LogP contribution in [0.1, 0.15) is 53.3 Å². The summed E-state index contributed by atoms with van der Waals surface area (Å²) in [5.41, 5.74) is 5.44. The number of carbonyl (C=O) groups is 2. The second-order valence-electron chi connectivity index (χ2n) is 5.35. The number of benzene rings is 1. The Morgan fingerprint density at radius 2 is 1.67 bits per heavy atom. The van der Waals surface area contributed by atoms with Gasteiger partial charge in [0.25, 0.3) is 11.8 Å². The van der Waals surface area contributed by atoms with E-state index in [1.807, 2.05) is 0 Å². The minimum atomic E-state index is -0.441. The predicted molar refractivity (Wildman–Crippen MR) is 89.7 cm³/mol. The number of ether oxygens (including phenoxy) is 1. The normalized spacial score (nSPS) is 10.2. The number of hydrazine groups is 1. The summed E-state index contributed by atoms with van der Waals surface area (Å²) < 4.78 is 10.4. The second kappa shape index (κ2) is 9.39. The van der Waals surface area contributed by atoms with E-state index < -0.39 is 11.8 Å². The summed E-state index contributed by atoms with van der Waals surface area (Å²) in [5.74, 6) is -0.115. The number of unbranched alkanes of at least 4 members (excludes halogenated alkanes) is 3. The maximum atomic E-state index is 12.0. The number of nitrogens with one attached hydrogen (secondary N) is 2. The lowest BCUT2D eigenvalue weighted by atomic mass is 10.2. The SMILES string of the molecule is CCCCCCOc1ccc(C(=O)NNC(=O)c2ccoc2)cc1. The molecule has 1 aromatic heterocycles. The van der Waals surface area contributed by atoms with Gasteiger partial charge in [-0.3, -0.25) is 20.4 Å². The molecule has 128 valence electrons. The molecule has 24 heavy (non-hydrogen) atoms. The van der Waals surface area contributed by atoms with Gasteiger partial charge in [0.15, 0.2) is 0 Å². The second-order valence-corrected chi connectivity index (χ2v) is 5.35. The first-order valence-corrected chi connectivity index (χ1v) is 8.06. The van der Waals surface area contributed by atoms with Crippen molar-refractivity contribution in [1.82, 2.24) is 10.9 Å². The fourth-order valence-corrected chi connectivity index (χ4v) is 2.07. The fraction of sp³-hybridized carbons (Fsp3) is 0.333. The lowest BCUT2D eigenvalue weighted by Crippen LogP contribution is -2.41. The van der Waals surface area contributed by atoms with Crippen LogP contribution in [0.3, 0.4) is 0 Å². The van der Waals surface area contributed by atoms with E-state index in [1.165, 1.54) is 31.4 Å². The lowest BCUT2D eigenvalue weighted by molar-refractivity contribution is 0.0846. The van der Waals surface area contributed by atoms with E-state index in [0.29, 0.717) is 17.7 Å². The van der Waals surface area contributed by atoms with Crippen LogP contribution in [0, 0.1) is 0 Å². The number of carbonyl (C=O) groups excluding carboxylic acids is 2. The van der Waals surface area contributed by atoms with Crippen LogP contribution in [0.15, 0.2) is 47.3 Å². The molecule has 2 N–H and O–H groups in total. The van der Waals surface area contributed by atoms with Gasteiger partial charge in [-0.05, 0) is 36.8 Å². The quantitative estimate of drug-likeness (QED) is 0.575. The van der Waals surface area contributed by atoms with E-state index in [2.05, 4.69) is 17.8 Å². The Labute approximate surface area is 141 Å². The first-order chi connectivity index (χ1) is 11.7. The maximum Gasteiger partial charge on any atom is 0.272 e. The van der Waals surface area contributed by atoms with Gasteiger partial charge < -0.3 is 9.15 Å². The van der Waals surface area contributed by atoms with Gasteiger partial charge in [-0.15, -0.1) is 0 Å². The van der Waals surface area contributed by atoms with Gasteiger partial charge in [-0.1, -0.05) is 26.2 Å². The van der Waals surface area contributed by atoms with Gasteiger partial charge in [0.2, 0.25) is 0 Å². The van der Waals surface area contributed by atoms with E-state index in [-0.39, 0.29) is 0 Å². The third-order valence-corrected chi connectivity index (χ3v) is 3.46. The van der Waals surface area contributed by atoms with Crippen molar-refractivity contribution in [2.75, 3.05) is 6.61 Å². The third kappa shape index (κ3) is 5.46. The minimum Gasteiger partial charge on any atom is -0.494 e. The number of furan rings is 1. The van der Waals surface area contributed by atoms with Crippen molar-refractivity contribution in [1.29, 1.82) is 0 Å². The number of hydrogen-bond acceptors (Lipinski definition) is 4. The summed E-state index contributed by atoms with van der Waals surface area (Å²) in [6.07, 6.45) is 7.28. The van der Waals surface area contributed by atoms with Gasteiger partial charge in [0.1, 0.15) is 12.0 Å². The number of rotatable bonds is 8. The molecule has 0 fully saturated rings. The molecule has 0 spiro atoms. The van der Waals surface area contributed by atoms with E-state index in [0.717, 1.165) is 18.6 Å². The zero-order chi connectivity index (χ0) is 17.2. The molecule has 0 radical (unpaired) electrons. The van der Waals surface area contributed by atoms with Crippen LogP contribution >= 0.6 is 0 Å². The molecule has 2 aromatic rings. The van der Waals surface area contributed by atoms with Crippen molar-refractivity contribution >= 4 is 11.8 Å². The fourth-order valence-electron chi connectivity index (χ4n) is 2.07. The molecule has 0 saturated heterocycles. The maximum absolute atomic E-state index is 12.0. The van der Waals surface area contributed by atoms with Gasteiger partial charge in [0, 0.05) is 5.56 Å². The number of hydrogen-bond donors (Lipinski definition) is 2. The summed E-state index contributed by atoms with van der Waals surface area (Å²) >= 11 is 0. The van der Waals surface area contributed by atoms with Gasteiger partial charge in [-0.25, -0.2) is 0 Å². The molecule has 0 atom stereocenters. The molecular formula is C18H22N2O4. The highest BCUT2D eigenvalue weighted by atomic mass is 16.5. The number of amides is 2. The van der Waals surface area contributed by atoms with Crippen LogP contribution in [-0.4, -0.2) is 18.4 Å². The average molecular weight is 330 g/mol. The smallest absolute Gasteiger partial charge is 0.272 e. The minimum absolute atomic E-state index is 0.335. The molecule has 1 heterocycles. The Balaban J connectivity index is 1.75. The Kier molecular flexibility index (Phi) is 6.89. The Bertz CT molecular complexity index is 636. The van der Waals surface area contributed by atoms with Crippen molar-refractivity contribution in [2.45, 2.75) is 32.6 Å². The van der Waals surface area contributed by atoms with Crippen molar-refractivity contribution in [3.8, 4) is 5.75 Å².